The number of H-pyrrole nitrogens is 1. The average Bonchev–Trinajstić information content (AvgIpc) is 2.52. The van der Waals surface area contributed by atoms with Crippen molar-refractivity contribution in [3.8, 4) is 5.75 Å². The second kappa shape index (κ2) is 6.71. The first-order valence-corrected chi connectivity index (χ1v) is 6.55. The van der Waals surface area contributed by atoms with Crippen molar-refractivity contribution in [1.82, 2.24) is 4.98 Å². The average molecular weight is 301 g/mol. The van der Waals surface area contributed by atoms with Gasteiger partial charge in [-0.25, -0.2) is 4.79 Å². The molecule has 22 heavy (non-hydrogen) atoms. The normalized spacial score (nSPS) is 10.1. The van der Waals surface area contributed by atoms with Crippen LogP contribution in [-0.4, -0.2) is 23.8 Å². The number of carbonyl (C=O) groups is 2. The molecule has 1 heterocycles. The van der Waals surface area contributed by atoms with Crippen molar-refractivity contribution in [2.75, 3.05) is 7.11 Å². The monoisotopic (exact) mass is 301 g/mol. The Labute approximate surface area is 126 Å². The van der Waals surface area contributed by atoms with Gasteiger partial charge >= 0.3 is 5.97 Å². The van der Waals surface area contributed by atoms with Crippen LogP contribution in [0.4, 0.5) is 0 Å². The highest BCUT2D eigenvalue weighted by molar-refractivity contribution is 5.94. The summed E-state index contributed by atoms with van der Waals surface area (Å²) in [6.07, 6.45) is 1.43. The minimum absolute atomic E-state index is 0.0795. The van der Waals surface area contributed by atoms with Gasteiger partial charge < -0.3 is 14.5 Å². The molecule has 0 amide bonds. The summed E-state index contributed by atoms with van der Waals surface area (Å²) in [6, 6.07) is 7.78. The molecule has 0 radical (unpaired) electrons. The van der Waals surface area contributed by atoms with E-state index >= 15 is 0 Å². The van der Waals surface area contributed by atoms with E-state index in [1.165, 1.54) is 32.4 Å². The van der Waals surface area contributed by atoms with Crippen molar-refractivity contribution in [3.63, 3.8) is 0 Å². The molecular weight excluding hydrogens is 286 g/mol. The molecule has 0 saturated carbocycles. The summed E-state index contributed by atoms with van der Waals surface area (Å²) in [5, 5.41) is 0. The van der Waals surface area contributed by atoms with E-state index in [4.69, 9.17) is 9.47 Å². The molecule has 0 aliphatic rings. The number of ether oxygens (including phenoxy) is 2. The van der Waals surface area contributed by atoms with Crippen LogP contribution in [0.3, 0.4) is 0 Å². The molecule has 0 saturated heterocycles. The third kappa shape index (κ3) is 3.41. The Morgan fingerprint density at radius 3 is 2.64 bits per heavy atom. The fourth-order valence-corrected chi connectivity index (χ4v) is 1.91. The van der Waals surface area contributed by atoms with E-state index in [0.29, 0.717) is 16.9 Å². The molecule has 6 nitrogen and oxygen atoms in total. The lowest BCUT2D eigenvalue weighted by molar-refractivity contribution is 0.0468. The Bertz CT molecular complexity index is 763. The van der Waals surface area contributed by atoms with Crippen LogP contribution in [0.25, 0.3) is 0 Å². The lowest BCUT2D eigenvalue weighted by atomic mass is 10.1. The predicted octanol–water partition coefficient (Wildman–Crippen LogP) is 1.94. The zero-order valence-electron chi connectivity index (χ0n) is 12.2. The number of rotatable bonds is 5. The third-order valence-corrected chi connectivity index (χ3v) is 3.08. The summed E-state index contributed by atoms with van der Waals surface area (Å²) in [5.41, 5.74) is 0.446. The number of hydrogen-bond acceptors (Lipinski definition) is 5. The van der Waals surface area contributed by atoms with E-state index in [2.05, 4.69) is 4.98 Å². The zero-order valence-corrected chi connectivity index (χ0v) is 12.2. The van der Waals surface area contributed by atoms with Gasteiger partial charge in [0.1, 0.15) is 17.9 Å². The van der Waals surface area contributed by atoms with E-state index < -0.39 is 11.5 Å². The van der Waals surface area contributed by atoms with Crippen LogP contribution in [-0.2, 0) is 11.3 Å². The summed E-state index contributed by atoms with van der Waals surface area (Å²) in [4.78, 5) is 37.2. The van der Waals surface area contributed by atoms with Crippen LogP contribution in [0.1, 0.15) is 33.2 Å². The molecule has 1 aromatic carbocycles. The van der Waals surface area contributed by atoms with Gasteiger partial charge in [0, 0.05) is 17.3 Å². The fourth-order valence-electron chi connectivity index (χ4n) is 1.91. The van der Waals surface area contributed by atoms with Crippen molar-refractivity contribution < 1.29 is 19.1 Å². The highest BCUT2D eigenvalue weighted by atomic mass is 16.5. The van der Waals surface area contributed by atoms with Crippen LogP contribution in [0.15, 0.2) is 41.3 Å². The Morgan fingerprint density at radius 2 is 2.00 bits per heavy atom. The van der Waals surface area contributed by atoms with E-state index in [1.54, 1.807) is 18.2 Å². The number of aromatic nitrogens is 1. The van der Waals surface area contributed by atoms with Crippen molar-refractivity contribution >= 4 is 11.8 Å². The standard InChI is InChI=1S/C16H15NO5/c1-10(18)11-5-6-14(21-2)12(8-11)9-22-16(20)13-4-3-7-17-15(13)19/h3-8H,9H2,1-2H3,(H,17,19). The second-order valence-corrected chi connectivity index (χ2v) is 4.57. The predicted molar refractivity (Wildman–Crippen MR) is 79.2 cm³/mol. The van der Waals surface area contributed by atoms with Gasteiger partial charge in [-0.1, -0.05) is 0 Å². The number of benzene rings is 1. The fraction of sp³-hybridized carbons (Fsp3) is 0.188. The smallest absolute Gasteiger partial charge is 0.344 e. The molecule has 0 bridgehead atoms. The van der Waals surface area contributed by atoms with Gasteiger partial charge in [0.15, 0.2) is 5.78 Å². The largest absolute Gasteiger partial charge is 0.496 e. The van der Waals surface area contributed by atoms with Crippen molar-refractivity contribution in [3.05, 3.63) is 63.6 Å². The molecule has 0 spiro atoms. The Morgan fingerprint density at radius 1 is 1.23 bits per heavy atom. The van der Waals surface area contributed by atoms with Crippen molar-refractivity contribution in [2.24, 2.45) is 0 Å². The van der Waals surface area contributed by atoms with Crippen LogP contribution < -0.4 is 10.3 Å². The first-order valence-electron chi connectivity index (χ1n) is 6.55. The van der Waals surface area contributed by atoms with E-state index in [-0.39, 0.29) is 18.0 Å². The number of ketones is 1. The number of aromatic amines is 1. The van der Waals surface area contributed by atoms with E-state index in [1.807, 2.05) is 0 Å². The molecule has 114 valence electrons. The minimum atomic E-state index is -0.739. The first-order chi connectivity index (χ1) is 10.5. The molecule has 0 aliphatic carbocycles. The molecular formula is C16H15NO5. The number of carbonyl (C=O) groups excluding carboxylic acids is 2. The Balaban J connectivity index is 2.19. The van der Waals surface area contributed by atoms with Gasteiger partial charge in [-0.2, -0.15) is 0 Å². The summed E-state index contributed by atoms with van der Waals surface area (Å²) in [7, 11) is 1.48. The number of methoxy groups -OCH3 is 1. The molecule has 2 aromatic rings. The Hall–Kier alpha value is -2.89. The van der Waals surface area contributed by atoms with Crippen LogP contribution >= 0.6 is 0 Å². The maximum Gasteiger partial charge on any atom is 0.344 e. The molecule has 0 aliphatic heterocycles. The van der Waals surface area contributed by atoms with Gasteiger partial charge in [0.2, 0.25) is 0 Å². The summed E-state index contributed by atoms with van der Waals surface area (Å²) in [6.45, 7) is 1.35. The molecule has 1 N–H and O–H groups in total. The molecule has 0 fully saturated rings. The quantitative estimate of drug-likeness (QED) is 0.674. The third-order valence-electron chi connectivity index (χ3n) is 3.08. The number of nitrogens with one attached hydrogen (secondary N) is 1. The van der Waals surface area contributed by atoms with Crippen LogP contribution in [0.2, 0.25) is 0 Å². The number of pyridine rings is 1. The highest BCUT2D eigenvalue weighted by Gasteiger charge is 2.14. The van der Waals surface area contributed by atoms with Gasteiger partial charge in [0.25, 0.3) is 5.56 Å². The highest BCUT2D eigenvalue weighted by Crippen LogP contribution is 2.21. The maximum atomic E-state index is 11.9. The number of hydrogen-bond donors (Lipinski definition) is 1. The SMILES string of the molecule is COc1ccc(C(C)=O)cc1COC(=O)c1ccc[nH]c1=O. The molecule has 6 heteroatoms. The summed E-state index contributed by atoms with van der Waals surface area (Å²) in [5.74, 6) is -0.341. The van der Waals surface area contributed by atoms with Gasteiger partial charge in [-0.3, -0.25) is 9.59 Å². The molecule has 0 atom stereocenters. The summed E-state index contributed by atoms with van der Waals surface area (Å²) < 4.78 is 10.3. The van der Waals surface area contributed by atoms with Crippen LogP contribution in [0.5, 0.6) is 5.75 Å². The minimum Gasteiger partial charge on any atom is -0.496 e. The van der Waals surface area contributed by atoms with E-state index in [9.17, 15) is 14.4 Å². The number of Topliss-reactive ketones (excluding diaryl/α,β-unsaturated/α-hetero) is 1. The maximum absolute atomic E-state index is 11.9. The topological polar surface area (TPSA) is 85.5 Å². The van der Waals surface area contributed by atoms with Crippen molar-refractivity contribution in [2.45, 2.75) is 13.5 Å². The lowest BCUT2D eigenvalue weighted by Crippen LogP contribution is -2.18. The van der Waals surface area contributed by atoms with Crippen LogP contribution in [0, 0.1) is 0 Å². The second-order valence-electron chi connectivity index (χ2n) is 4.57. The van der Waals surface area contributed by atoms with Gasteiger partial charge in [-0.15, -0.1) is 0 Å². The summed E-state index contributed by atoms with van der Waals surface area (Å²) >= 11 is 0. The van der Waals surface area contributed by atoms with Crippen molar-refractivity contribution in [1.29, 1.82) is 0 Å². The number of esters is 1. The van der Waals surface area contributed by atoms with Gasteiger partial charge in [-0.05, 0) is 37.3 Å². The molecule has 1 aromatic heterocycles. The molecule has 2 rings (SSSR count). The van der Waals surface area contributed by atoms with Gasteiger partial charge in [0.05, 0.1) is 7.11 Å². The zero-order chi connectivity index (χ0) is 16.1. The Kier molecular flexibility index (Phi) is 4.73. The van der Waals surface area contributed by atoms with E-state index in [0.717, 1.165) is 0 Å². The first kappa shape index (κ1) is 15.5. The molecule has 0 unspecified atom stereocenters. The lowest BCUT2D eigenvalue weighted by Gasteiger charge is -2.10.